The standard InChI is InChI=1S/C21H24N6O.CO2/c28-21(23-13-15-5-2-1-3-6-15)27-11-4-7-17-18(27)9-12-26(17)20-16-8-10-22-19(16)24-14-25-20;2-1-3/h1-3,5-6,8,10,14,17-18H,4,7,9,11-13H2,(H,23,28)(H,22,24,25);/t17-,18?;/m1./s1. The molecule has 9 nitrogen and oxygen atoms in total. The number of fused-ring (bicyclic) bond motifs is 2. The molecule has 1 aromatic carbocycles. The summed E-state index contributed by atoms with van der Waals surface area (Å²) in [7, 11) is 0. The summed E-state index contributed by atoms with van der Waals surface area (Å²) in [6.07, 6.45) is 6.84. The van der Waals surface area contributed by atoms with Gasteiger partial charge < -0.3 is 20.1 Å². The number of carbonyl (C=O) groups is 1. The van der Waals surface area contributed by atoms with E-state index < -0.39 is 0 Å². The second-order valence-electron chi connectivity index (χ2n) is 7.62. The molecule has 9 heteroatoms. The number of H-pyrrole nitrogens is 1. The number of likely N-dealkylation sites (tertiary alicyclic amines) is 1. The van der Waals surface area contributed by atoms with Crippen molar-refractivity contribution in [3.63, 3.8) is 0 Å². The van der Waals surface area contributed by atoms with Crippen molar-refractivity contribution < 1.29 is 14.4 Å². The number of benzene rings is 1. The molecule has 2 amide bonds. The SMILES string of the molecule is O=C(NCc1ccccc1)N1CCC[C@@H]2C1CCN2c1ncnc2[nH]ccc12.O=C=O. The maximum absolute atomic E-state index is 12.9. The van der Waals surface area contributed by atoms with Crippen LogP contribution in [0.25, 0.3) is 11.0 Å². The van der Waals surface area contributed by atoms with E-state index in [1.807, 2.05) is 47.5 Å². The van der Waals surface area contributed by atoms with Crippen molar-refractivity contribution in [1.29, 1.82) is 0 Å². The minimum atomic E-state index is 0.0369. The highest BCUT2D eigenvalue weighted by atomic mass is 16.2. The molecule has 160 valence electrons. The molecule has 3 aromatic rings. The third kappa shape index (κ3) is 4.27. The average molecular weight is 420 g/mol. The van der Waals surface area contributed by atoms with E-state index in [0.717, 1.165) is 54.8 Å². The number of urea groups is 1. The molecule has 2 fully saturated rings. The Morgan fingerprint density at radius 2 is 1.90 bits per heavy atom. The number of amides is 2. The molecule has 4 heterocycles. The van der Waals surface area contributed by atoms with Crippen molar-refractivity contribution in [3.05, 3.63) is 54.5 Å². The Bertz CT molecular complexity index is 1060. The summed E-state index contributed by atoms with van der Waals surface area (Å²) in [4.78, 5) is 45.6. The van der Waals surface area contributed by atoms with Crippen LogP contribution in [0.5, 0.6) is 0 Å². The molecule has 0 spiro atoms. The van der Waals surface area contributed by atoms with Gasteiger partial charge in [-0.1, -0.05) is 30.3 Å². The second-order valence-corrected chi connectivity index (χ2v) is 7.62. The molecule has 2 saturated heterocycles. The van der Waals surface area contributed by atoms with Crippen LogP contribution >= 0.6 is 0 Å². The van der Waals surface area contributed by atoms with Crippen LogP contribution in [0.2, 0.25) is 0 Å². The Morgan fingerprint density at radius 3 is 2.71 bits per heavy atom. The Balaban J connectivity index is 0.000000730. The van der Waals surface area contributed by atoms with Crippen LogP contribution in [0.4, 0.5) is 10.6 Å². The Kier molecular flexibility index (Phi) is 6.24. The van der Waals surface area contributed by atoms with E-state index >= 15 is 0 Å². The minimum Gasteiger partial charge on any atom is -0.351 e. The van der Waals surface area contributed by atoms with Crippen LogP contribution in [0.3, 0.4) is 0 Å². The van der Waals surface area contributed by atoms with Crippen LogP contribution in [-0.4, -0.2) is 57.2 Å². The van der Waals surface area contributed by atoms with E-state index in [1.165, 1.54) is 0 Å². The molecule has 0 radical (unpaired) electrons. The first-order valence-electron chi connectivity index (χ1n) is 10.4. The highest BCUT2D eigenvalue weighted by Crippen LogP contribution is 2.35. The average Bonchev–Trinajstić information content (AvgIpc) is 3.45. The minimum absolute atomic E-state index is 0.0369. The molecule has 2 aliphatic rings. The van der Waals surface area contributed by atoms with Crippen LogP contribution in [0.15, 0.2) is 48.9 Å². The fourth-order valence-electron chi connectivity index (χ4n) is 4.66. The van der Waals surface area contributed by atoms with Crippen molar-refractivity contribution in [2.75, 3.05) is 18.0 Å². The van der Waals surface area contributed by atoms with E-state index in [9.17, 15) is 4.79 Å². The van der Waals surface area contributed by atoms with E-state index in [1.54, 1.807) is 6.33 Å². The topological polar surface area (TPSA) is 111 Å². The molecule has 1 unspecified atom stereocenters. The predicted molar refractivity (Wildman–Crippen MR) is 113 cm³/mol. The van der Waals surface area contributed by atoms with Crippen molar-refractivity contribution in [2.24, 2.45) is 0 Å². The molecular formula is C22H24N6O3. The van der Waals surface area contributed by atoms with Gasteiger partial charge in [0.05, 0.1) is 17.5 Å². The number of carbonyl (C=O) groups excluding carboxylic acids is 3. The van der Waals surface area contributed by atoms with Crippen molar-refractivity contribution in [2.45, 2.75) is 37.9 Å². The van der Waals surface area contributed by atoms with Crippen LogP contribution < -0.4 is 10.2 Å². The molecule has 2 aliphatic heterocycles. The first kappa shape index (κ1) is 20.6. The lowest BCUT2D eigenvalue weighted by atomic mass is 9.97. The molecule has 2 aromatic heterocycles. The van der Waals surface area contributed by atoms with Gasteiger partial charge >= 0.3 is 12.2 Å². The zero-order valence-corrected chi connectivity index (χ0v) is 17.0. The van der Waals surface area contributed by atoms with Crippen LogP contribution in [0.1, 0.15) is 24.8 Å². The van der Waals surface area contributed by atoms with Gasteiger partial charge in [0.1, 0.15) is 17.8 Å². The highest BCUT2D eigenvalue weighted by molar-refractivity contribution is 5.87. The van der Waals surface area contributed by atoms with E-state index in [0.29, 0.717) is 12.6 Å². The number of hydrogen-bond acceptors (Lipinski definition) is 6. The lowest BCUT2D eigenvalue weighted by molar-refractivity contribution is -0.191. The van der Waals surface area contributed by atoms with E-state index in [4.69, 9.17) is 9.59 Å². The zero-order chi connectivity index (χ0) is 21.6. The fourth-order valence-corrected chi connectivity index (χ4v) is 4.66. The molecule has 0 aliphatic carbocycles. The van der Waals surface area contributed by atoms with Gasteiger partial charge in [-0.05, 0) is 30.9 Å². The number of hydrogen-bond donors (Lipinski definition) is 2. The number of nitrogens with zero attached hydrogens (tertiary/aromatic N) is 4. The second kappa shape index (κ2) is 9.40. The normalized spacial score (nSPS) is 19.9. The first-order valence-corrected chi connectivity index (χ1v) is 10.4. The van der Waals surface area contributed by atoms with Gasteiger partial charge in [-0.2, -0.15) is 9.59 Å². The number of rotatable bonds is 3. The van der Waals surface area contributed by atoms with Crippen LogP contribution in [0, 0.1) is 0 Å². The van der Waals surface area contributed by atoms with Gasteiger partial charge in [0.25, 0.3) is 0 Å². The summed E-state index contributed by atoms with van der Waals surface area (Å²) >= 11 is 0. The van der Waals surface area contributed by atoms with Gasteiger partial charge in [0.2, 0.25) is 0 Å². The summed E-state index contributed by atoms with van der Waals surface area (Å²) in [5, 5.41) is 4.15. The monoisotopic (exact) mass is 420 g/mol. The summed E-state index contributed by atoms with van der Waals surface area (Å²) in [6, 6.07) is 12.7. The Morgan fingerprint density at radius 1 is 1.10 bits per heavy atom. The third-order valence-corrected chi connectivity index (χ3v) is 5.96. The Labute approximate surface area is 179 Å². The number of nitrogens with one attached hydrogen (secondary N) is 2. The summed E-state index contributed by atoms with van der Waals surface area (Å²) < 4.78 is 0. The number of piperidine rings is 1. The first-order chi connectivity index (χ1) is 15.2. The summed E-state index contributed by atoms with van der Waals surface area (Å²) in [5.41, 5.74) is 1.98. The van der Waals surface area contributed by atoms with Gasteiger partial charge in [-0.3, -0.25) is 0 Å². The maximum Gasteiger partial charge on any atom is 0.373 e. The van der Waals surface area contributed by atoms with Crippen LogP contribution in [-0.2, 0) is 16.1 Å². The number of anilines is 1. The third-order valence-electron chi connectivity index (χ3n) is 5.96. The lowest BCUT2D eigenvalue weighted by Crippen LogP contribution is -2.54. The molecule has 0 bridgehead atoms. The molecule has 0 saturated carbocycles. The quantitative estimate of drug-likeness (QED) is 0.673. The molecule has 2 atom stereocenters. The van der Waals surface area contributed by atoms with Gasteiger partial charge in [0, 0.05) is 25.8 Å². The van der Waals surface area contributed by atoms with Crippen molar-refractivity contribution in [3.8, 4) is 0 Å². The maximum atomic E-state index is 12.9. The molecule has 2 N–H and O–H groups in total. The highest BCUT2D eigenvalue weighted by Gasteiger charge is 2.42. The van der Waals surface area contributed by atoms with Crippen molar-refractivity contribution >= 4 is 29.0 Å². The van der Waals surface area contributed by atoms with Gasteiger partial charge in [-0.15, -0.1) is 0 Å². The fraction of sp³-hybridized carbons (Fsp3) is 0.364. The molecular weight excluding hydrogens is 396 g/mol. The molecule has 5 rings (SSSR count). The number of aromatic nitrogens is 3. The predicted octanol–water partition coefficient (Wildman–Crippen LogP) is 2.33. The lowest BCUT2D eigenvalue weighted by Gasteiger charge is -2.40. The number of aromatic amines is 1. The van der Waals surface area contributed by atoms with E-state index in [2.05, 4.69) is 25.2 Å². The Hall–Kier alpha value is -3.71. The summed E-state index contributed by atoms with van der Waals surface area (Å²) in [6.45, 7) is 2.29. The largest absolute Gasteiger partial charge is 0.373 e. The smallest absolute Gasteiger partial charge is 0.351 e. The van der Waals surface area contributed by atoms with E-state index in [-0.39, 0.29) is 18.2 Å². The summed E-state index contributed by atoms with van der Waals surface area (Å²) in [5.74, 6) is 0.977. The zero-order valence-electron chi connectivity index (χ0n) is 17.0. The molecule has 31 heavy (non-hydrogen) atoms. The van der Waals surface area contributed by atoms with Gasteiger partial charge in [0.15, 0.2) is 0 Å². The van der Waals surface area contributed by atoms with Crippen molar-refractivity contribution in [1.82, 2.24) is 25.2 Å². The van der Waals surface area contributed by atoms with Gasteiger partial charge in [-0.25, -0.2) is 14.8 Å².